The number of aryl methyl sites for hydroxylation is 2. The number of hydrogen-bond acceptors (Lipinski definition) is 5. The maximum atomic E-state index is 12.2. The van der Waals surface area contributed by atoms with Gasteiger partial charge in [-0.15, -0.1) is 11.3 Å². The molecule has 0 bridgehead atoms. The van der Waals surface area contributed by atoms with Crippen LogP contribution < -0.4 is 10.5 Å². The number of rotatable bonds is 3. The fourth-order valence-electron chi connectivity index (χ4n) is 1.48. The first kappa shape index (κ1) is 12.8. The van der Waals surface area contributed by atoms with Gasteiger partial charge in [-0.25, -0.2) is 13.4 Å². The van der Waals surface area contributed by atoms with Crippen molar-refractivity contribution in [2.75, 3.05) is 10.5 Å². The van der Waals surface area contributed by atoms with E-state index < -0.39 is 10.0 Å². The summed E-state index contributed by atoms with van der Waals surface area (Å²) in [6, 6.07) is 4.79. The van der Waals surface area contributed by atoms with Gasteiger partial charge in [0.1, 0.15) is 0 Å². The molecule has 0 saturated heterocycles. The normalized spacial score (nSPS) is 11.4. The molecular formula is C11H13N3O2S2. The van der Waals surface area contributed by atoms with E-state index >= 15 is 0 Å². The molecule has 0 atom stereocenters. The Morgan fingerprint density at radius 3 is 2.67 bits per heavy atom. The van der Waals surface area contributed by atoms with Gasteiger partial charge in [0.05, 0.1) is 10.6 Å². The van der Waals surface area contributed by atoms with Gasteiger partial charge in [0.25, 0.3) is 10.0 Å². The molecule has 1 aromatic carbocycles. The van der Waals surface area contributed by atoms with Crippen LogP contribution in [0.3, 0.4) is 0 Å². The molecule has 5 nitrogen and oxygen atoms in total. The molecule has 0 fully saturated rings. The third kappa shape index (κ3) is 2.62. The summed E-state index contributed by atoms with van der Waals surface area (Å²) >= 11 is 1.25. The fraction of sp³-hybridized carbons (Fsp3) is 0.182. The maximum Gasteiger partial charge on any atom is 0.264 e. The Labute approximate surface area is 110 Å². The van der Waals surface area contributed by atoms with Crippen LogP contribution >= 0.6 is 11.3 Å². The van der Waals surface area contributed by atoms with Crippen molar-refractivity contribution in [3.63, 3.8) is 0 Å². The average molecular weight is 283 g/mol. The third-order valence-electron chi connectivity index (χ3n) is 2.34. The van der Waals surface area contributed by atoms with E-state index in [0.717, 1.165) is 5.69 Å². The lowest BCUT2D eigenvalue weighted by molar-refractivity contribution is 0.600. The monoisotopic (exact) mass is 283 g/mol. The summed E-state index contributed by atoms with van der Waals surface area (Å²) in [7, 11) is -3.64. The van der Waals surface area contributed by atoms with E-state index in [1.165, 1.54) is 17.4 Å². The SMILES string of the molecule is Cc1csc(NS(=O)(=O)c2cc(N)ccc2C)n1. The fourth-order valence-corrected chi connectivity index (χ4v) is 3.70. The highest BCUT2D eigenvalue weighted by Gasteiger charge is 2.18. The molecule has 0 saturated carbocycles. The summed E-state index contributed by atoms with van der Waals surface area (Å²) in [5, 5.41) is 2.14. The number of aromatic nitrogens is 1. The maximum absolute atomic E-state index is 12.2. The molecule has 0 unspecified atom stereocenters. The number of nitrogen functional groups attached to an aromatic ring is 1. The van der Waals surface area contributed by atoms with Gasteiger partial charge in [0.15, 0.2) is 5.13 Å². The summed E-state index contributed by atoms with van der Waals surface area (Å²) in [6.07, 6.45) is 0. The zero-order chi connectivity index (χ0) is 13.3. The number of anilines is 2. The molecule has 1 aromatic heterocycles. The quantitative estimate of drug-likeness (QED) is 0.845. The lowest BCUT2D eigenvalue weighted by Crippen LogP contribution is -2.14. The molecule has 0 aliphatic rings. The summed E-state index contributed by atoms with van der Waals surface area (Å²) in [5.41, 5.74) is 7.45. The third-order valence-corrected chi connectivity index (χ3v) is 4.83. The van der Waals surface area contributed by atoms with Gasteiger partial charge in [-0.1, -0.05) is 6.07 Å². The van der Waals surface area contributed by atoms with Crippen molar-refractivity contribution in [2.24, 2.45) is 0 Å². The smallest absolute Gasteiger partial charge is 0.264 e. The largest absolute Gasteiger partial charge is 0.399 e. The van der Waals surface area contributed by atoms with Crippen molar-refractivity contribution in [1.29, 1.82) is 0 Å². The second kappa shape index (κ2) is 4.58. The predicted octanol–water partition coefficient (Wildman–Crippen LogP) is 2.14. The molecule has 96 valence electrons. The molecule has 0 spiro atoms. The lowest BCUT2D eigenvalue weighted by Gasteiger charge is -2.08. The second-order valence-electron chi connectivity index (χ2n) is 3.92. The van der Waals surface area contributed by atoms with Crippen LogP contribution in [0.4, 0.5) is 10.8 Å². The van der Waals surface area contributed by atoms with Crippen LogP contribution in [0.5, 0.6) is 0 Å². The molecule has 2 rings (SSSR count). The van der Waals surface area contributed by atoms with Gasteiger partial charge in [-0.2, -0.15) is 0 Å². The van der Waals surface area contributed by atoms with Crippen molar-refractivity contribution >= 4 is 32.2 Å². The number of nitrogens with one attached hydrogen (secondary N) is 1. The van der Waals surface area contributed by atoms with Crippen LogP contribution in [0.15, 0.2) is 28.5 Å². The Kier molecular flexibility index (Phi) is 3.27. The first-order chi connectivity index (χ1) is 8.38. The van der Waals surface area contributed by atoms with Gasteiger partial charge in [-0.05, 0) is 31.5 Å². The molecule has 0 aliphatic carbocycles. The van der Waals surface area contributed by atoms with Crippen molar-refractivity contribution in [1.82, 2.24) is 4.98 Å². The first-order valence-electron chi connectivity index (χ1n) is 5.19. The van der Waals surface area contributed by atoms with Gasteiger partial charge in [0, 0.05) is 11.1 Å². The van der Waals surface area contributed by atoms with E-state index in [0.29, 0.717) is 16.4 Å². The van der Waals surface area contributed by atoms with Crippen LogP contribution in [-0.4, -0.2) is 13.4 Å². The Hall–Kier alpha value is -1.60. The van der Waals surface area contributed by atoms with Crippen LogP contribution in [0.2, 0.25) is 0 Å². The van der Waals surface area contributed by atoms with Crippen LogP contribution in [-0.2, 0) is 10.0 Å². The van der Waals surface area contributed by atoms with Crippen molar-refractivity contribution in [3.8, 4) is 0 Å². The molecule has 18 heavy (non-hydrogen) atoms. The van der Waals surface area contributed by atoms with E-state index in [2.05, 4.69) is 9.71 Å². The number of nitrogens with two attached hydrogens (primary N) is 1. The molecule has 1 heterocycles. The highest BCUT2D eigenvalue weighted by molar-refractivity contribution is 7.93. The second-order valence-corrected chi connectivity index (χ2v) is 6.43. The van der Waals surface area contributed by atoms with E-state index in [-0.39, 0.29) is 4.90 Å². The van der Waals surface area contributed by atoms with Crippen molar-refractivity contribution < 1.29 is 8.42 Å². The minimum Gasteiger partial charge on any atom is -0.399 e. The average Bonchev–Trinajstić information content (AvgIpc) is 2.66. The minimum atomic E-state index is -3.64. The summed E-state index contributed by atoms with van der Waals surface area (Å²) < 4.78 is 26.8. The highest BCUT2D eigenvalue weighted by atomic mass is 32.2. The lowest BCUT2D eigenvalue weighted by atomic mass is 10.2. The van der Waals surface area contributed by atoms with Gasteiger partial charge < -0.3 is 5.73 Å². The first-order valence-corrected chi connectivity index (χ1v) is 7.56. The Balaban J connectivity index is 2.39. The van der Waals surface area contributed by atoms with E-state index in [9.17, 15) is 8.42 Å². The molecule has 3 N–H and O–H groups in total. The number of benzene rings is 1. The number of sulfonamides is 1. The molecule has 0 aliphatic heterocycles. The highest BCUT2D eigenvalue weighted by Crippen LogP contribution is 2.23. The minimum absolute atomic E-state index is 0.176. The van der Waals surface area contributed by atoms with E-state index in [1.807, 2.05) is 0 Å². The molecule has 2 aromatic rings. The summed E-state index contributed by atoms with van der Waals surface area (Å²) in [6.45, 7) is 3.53. The predicted molar refractivity (Wildman–Crippen MR) is 73.3 cm³/mol. The summed E-state index contributed by atoms with van der Waals surface area (Å²) in [4.78, 5) is 4.25. The van der Waals surface area contributed by atoms with Crippen LogP contribution in [0, 0.1) is 13.8 Å². The van der Waals surface area contributed by atoms with Crippen LogP contribution in [0.1, 0.15) is 11.3 Å². The zero-order valence-corrected chi connectivity index (χ0v) is 11.6. The Bertz CT molecular complexity index is 677. The number of hydrogen-bond donors (Lipinski definition) is 2. The topological polar surface area (TPSA) is 85.1 Å². The van der Waals surface area contributed by atoms with Gasteiger partial charge in [-0.3, -0.25) is 4.72 Å². The number of nitrogens with zero attached hydrogens (tertiary/aromatic N) is 1. The zero-order valence-electron chi connectivity index (χ0n) is 9.97. The van der Waals surface area contributed by atoms with Crippen molar-refractivity contribution in [3.05, 3.63) is 34.8 Å². The molecule has 7 heteroatoms. The van der Waals surface area contributed by atoms with Gasteiger partial charge in [0.2, 0.25) is 0 Å². The molecular weight excluding hydrogens is 270 g/mol. The molecule has 0 radical (unpaired) electrons. The molecule has 0 amide bonds. The Morgan fingerprint density at radius 2 is 2.06 bits per heavy atom. The van der Waals surface area contributed by atoms with Gasteiger partial charge >= 0.3 is 0 Å². The Morgan fingerprint density at radius 1 is 1.33 bits per heavy atom. The van der Waals surface area contributed by atoms with E-state index in [4.69, 9.17) is 5.73 Å². The summed E-state index contributed by atoms with van der Waals surface area (Å²) in [5.74, 6) is 0. The standard InChI is InChI=1S/C11H13N3O2S2/c1-7-3-4-9(12)5-10(7)18(15,16)14-11-13-8(2)6-17-11/h3-6H,12H2,1-2H3,(H,13,14). The van der Waals surface area contributed by atoms with Crippen LogP contribution in [0.25, 0.3) is 0 Å². The number of thiazole rings is 1. The van der Waals surface area contributed by atoms with Crippen molar-refractivity contribution in [2.45, 2.75) is 18.7 Å². The van der Waals surface area contributed by atoms with E-state index in [1.54, 1.807) is 31.4 Å².